The molecule has 1 N–H and O–H groups in total. The molecule has 1 aromatic heterocycles. The molecule has 1 saturated heterocycles. The van der Waals surface area contributed by atoms with E-state index in [0.29, 0.717) is 18.5 Å². The Balaban J connectivity index is 1.65. The third-order valence-corrected chi connectivity index (χ3v) is 6.51. The van der Waals surface area contributed by atoms with Gasteiger partial charge < -0.3 is 5.32 Å². The fraction of sp³-hybridized carbons (Fsp3) is 0.444. The second-order valence-electron chi connectivity index (χ2n) is 6.71. The van der Waals surface area contributed by atoms with Crippen LogP contribution in [0.15, 0.2) is 24.3 Å². The van der Waals surface area contributed by atoms with Crippen LogP contribution in [0.1, 0.15) is 35.8 Å². The first-order chi connectivity index (χ1) is 12.2. The van der Waals surface area contributed by atoms with Crippen molar-refractivity contribution < 1.29 is 17.6 Å². The van der Waals surface area contributed by atoms with E-state index in [1.54, 1.807) is 4.68 Å². The molecule has 1 aliphatic rings. The van der Waals surface area contributed by atoms with Crippen LogP contribution in [0.2, 0.25) is 0 Å². The molecule has 2 heterocycles. The Bertz CT molecular complexity index is 920. The van der Waals surface area contributed by atoms with E-state index < -0.39 is 9.84 Å². The summed E-state index contributed by atoms with van der Waals surface area (Å²) in [5, 5.41) is 7.25. The summed E-state index contributed by atoms with van der Waals surface area (Å²) in [4.78, 5) is 12.1. The number of carbonyl (C=O) groups excluding carboxylic acids is 1. The molecule has 8 heteroatoms. The molecule has 3 rings (SSSR count). The number of nitrogens with zero attached hydrogens (tertiary/aromatic N) is 2. The van der Waals surface area contributed by atoms with E-state index in [9.17, 15) is 17.6 Å². The fourth-order valence-corrected chi connectivity index (χ4v) is 5.07. The predicted molar refractivity (Wildman–Crippen MR) is 97.4 cm³/mol. The highest BCUT2D eigenvalue weighted by Crippen LogP contribution is 2.27. The van der Waals surface area contributed by atoms with Gasteiger partial charge in [-0.2, -0.15) is 5.10 Å². The van der Waals surface area contributed by atoms with Crippen molar-refractivity contribution in [3.8, 4) is 0 Å². The van der Waals surface area contributed by atoms with Crippen molar-refractivity contribution in [2.45, 2.75) is 39.2 Å². The number of aromatic nitrogens is 2. The van der Waals surface area contributed by atoms with Gasteiger partial charge in [-0.1, -0.05) is 0 Å². The Morgan fingerprint density at radius 1 is 1.31 bits per heavy atom. The Kier molecular flexibility index (Phi) is 5.13. The van der Waals surface area contributed by atoms with Gasteiger partial charge in [-0.05, 0) is 56.5 Å². The molecule has 6 nitrogen and oxygen atoms in total. The molecular weight excluding hydrogens is 357 g/mol. The highest BCUT2D eigenvalue weighted by Gasteiger charge is 2.31. The lowest BCUT2D eigenvalue weighted by molar-refractivity contribution is -0.116. The average molecular weight is 379 g/mol. The maximum absolute atomic E-state index is 12.9. The van der Waals surface area contributed by atoms with Crippen LogP contribution in [0.25, 0.3) is 0 Å². The smallest absolute Gasteiger partial charge is 0.224 e. The van der Waals surface area contributed by atoms with Gasteiger partial charge in [0.05, 0.1) is 23.2 Å². The standard InChI is InChI=1S/C18H22FN3O3S/c1-12-17(7-8-18(23)20-15-5-3-14(19)4-6-15)13(2)22(21-12)16-9-10-26(24,25)11-16/h3-6,16H,7-11H2,1-2H3,(H,20,23)/t16-/m0/s1. The molecule has 0 unspecified atom stereocenters. The van der Waals surface area contributed by atoms with Gasteiger partial charge in [-0.15, -0.1) is 0 Å². The van der Waals surface area contributed by atoms with Crippen LogP contribution in [-0.4, -0.2) is 35.6 Å². The third-order valence-electron chi connectivity index (χ3n) is 4.76. The lowest BCUT2D eigenvalue weighted by Crippen LogP contribution is -2.14. The summed E-state index contributed by atoms with van der Waals surface area (Å²) in [6.45, 7) is 3.79. The van der Waals surface area contributed by atoms with Crippen molar-refractivity contribution in [2.24, 2.45) is 0 Å². The molecule has 1 atom stereocenters. The topological polar surface area (TPSA) is 81.1 Å². The predicted octanol–water partition coefficient (Wildman–Crippen LogP) is 2.57. The van der Waals surface area contributed by atoms with Crippen molar-refractivity contribution in [1.29, 1.82) is 0 Å². The van der Waals surface area contributed by atoms with Crippen LogP contribution >= 0.6 is 0 Å². The van der Waals surface area contributed by atoms with E-state index >= 15 is 0 Å². The first-order valence-corrected chi connectivity index (χ1v) is 10.4. The van der Waals surface area contributed by atoms with Crippen molar-refractivity contribution in [3.05, 3.63) is 47.0 Å². The van der Waals surface area contributed by atoms with Crippen molar-refractivity contribution in [1.82, 2.24) is 9.78 Å². The zero-order valence-corrected chi connectivity index (χ0v) is 15.6. The number of halogens is 1. The summed E-state index contributed by atoms with van der Waals surface area (Å²) in [5.74, 6) is -0.188. The normalized spacial score (nSPS) is 18.8. The Hall–Kier alpha value is -2.22. The van der Waals surface area contributed by atoms with E-state index in [-0.39, 0.29) is 35.7 Å². The Labute approximate surface area is 152 Å². The minimum Gasteiger partial charge on any atom is -0.326 e. The van der Waals surface area contributed by atoms with Gasteiger partial charge in [0.15, 0.2) is 9.84 Å². The summed E-state index contributed by atoms with van der Waals surface area (Å²) < 4.78 is 38.1. The van der Waals surface area contributed by atoms with Crippen LogP contribution in [0, 0.1) is 19.7 Å². The second-order valence-corrected chi connectivity index (χ2v) is 8.93. The van der Waals surface area contributed by atoms with Gasteiger partial charge in [0.2, 0.25) is 5.91 Å². The molecule has 1 aromatic carbocycles. The van der Waals surface area contributed by atoms with Gasteiger partial charge in [0, 0.05) is 17.8 Å². The average Bonchev–Trinajstić information content (AvgIpc) is 3.07. The summed E-state index contributed by atoms with van der Waals surface area (Å²) >= 11 is 0. The first-order valence-electron chi connectivity index (χ1n) is 8.55. The Morgan fingerprint density at radius 2 is 2.00 bits per heavy atom. The number of hydrogen-bond donors (Lipinski definition) is 1. The van der Waals surface area contributed by atoms with Crippen LogP contribution in [0.5, 0.6) is 0 Å². The molecule has 1 amide bonds. The minimum absolute atomic E-state index is 0.124. The number of nitrogens with one attached hydrogen (secondary N) is 1. The SMILES string of the molecule is Cc1nn([C@H]2CCS(=O)(=O)C2)c(C)c1CCC(=O)Nc1ccc(F)cc1. The molecule has 140 valence electrons. The number of anilines is 1. The second kappa shape index (κ2) is 7.19. The maximum Gasteiger partial charge on any atom is 0.224 e. The van der Waals surface area contributed by atoms with Gasteiger partial charge >= 0.3 is 0 Å². The third kappa shape index (κ3) is 4.12. The van der Waals surface area contributed by atoms with Gasteiger partial charge in [0.25, 0.3) is 0 Å². The quantitative estimate of drug-likeness (QED) is 0.866. The minimum atomic E-state index is -2.98. The highest BCUT2D eigenvalue weighted by molar-refractivity contribution is 7.91. The summed E-state index contributed by atoms with van der Waals surface area (Å²) in [5.41, 5.74) is 3.26. The highest BCUT2D eigenvalue weighted by atomic mass is 32.2. The fourth-order valence-electron chi connectivity index (χ4n) is 3.38. The molecule has 0 aliphatic carbocycles. The lowest BCUT2D eigenvalue weighted by atomic mass is 10.1. The largest absolute Gasteiger partial charge is 0.326 e. The zero-order chi connectivity index (χ0) is 18.9. The van der Waals surface area contributed by atoms with Crippen LogP contribution in [0.3, 0.4) is 0 Å². The molecule has 2 aromatic rings. The summed E-state index contributed by atoms with van der Waals surface area (Å²) in [7, 11) is -2.98. The van der Waals surface area contributed by atoms with Crippen LogP contribution < -0.4 is 5.32 Å². The van der Waals surface area contributed by atoms with Gasteiger partial charge in [-0.3, -0.25) is 9.48 Å². The van der Waals surface area contributed by atoms with E-state index in [1.807, 2.05) is 13.8 Å². The molecule has 0 bridgehead atoms. The van der Waals surface area contributed by atoms with Crippen molar-refractivity contribution in [3.63, 3.8) is 0 Å². The molecule has 1 aliphatic heterocycles. The summed E-state index contributed by atoms with van der Waals surface area (Å²) in [6.07, 6.45) is 1.37. The Morgan fingerprint density at radius 3 is 2.62 bits per heavy atom. The lowest BCUT2D eigenvalue weighted by Gasteiger charge is -2.11. The van der Waals surface area contributed by atoms with Gasteiger partial charge in [-0.25, -0.2) is 12.8 Å². The molecule has 26 heavy (non-hydrogen) atoms. The van der Waals surface area contributed by atoms with E-state index in [1.165, 1.54) is 24.3 Å². The van der Waals surface area contributed by atoms with E-state index in [0.717, 1.165) is 17.0 Å². The number of benzene rings is 1. The monoisotopic (exact) mass is 379 g/mol. The van der Waals surface area contributed by atoms with Gasteiger partial charge in [0.1, 0.15) is 5.82 Å². The number of carbonyl (C=O) groups is 1. The van der Waals surface area contributed by atoms with Crippen molar-refractivity contribution in [2.75, 3.05) is 16.8 Å². The van der Waals surface area contributed by atoms with E-state index in [2.05, 4.69) is 10.4 Å². The number of amides is 1. The molecule has 0 radical (unpaired) electrons. The number of rotatable bonds is 5. The van der Waals surface area contributed by atoms with Crippen molar-refractivity contribution >= 4 is 21.4 Å². The molecular formula is C18H22FN3O3S. The first kappa shape index (κ1) is 18.6. The maximum atomic E-state index is 12.9. The zero-order valence-electron chi connectivity index (χ0n) is 14.8. The molecule has 0 saturated carbocycles. The number of sulfone groups is 1. The number of hydrogen-bond acceptors (Lipinski definition) is 4. The molecule has 0 spiro atoms. The van der Waals surface area contributed by atoms with Crippen LogP contribution in [-0.2, 0) is 21.1 Å². The number of aryl methyl sites for hydroxylation is 1. The van der Waals surface area contributed by atoms with E-state index in [4.69, 9.17) is 0 Å². The summed E-state index contributed by atoms with van der Waals surface area (Å²) in [6, 6.07) is 5.50. The molecule has 1 fully saturated rings. The van der Waals surface area contributed by atoms with Crippen LogP contribution in [0.4, 0.5) is 10.1 Å².